The summed E-state index contributed by atoms with van der Waals surface area (Å²) in [7, 11) is 0. The van der Waals surface area contributed by atoms with Gasteiger partial charge >= 0.3 is 0 Å². The lowest BCUT2D eigenvalue weighted by Gasteiger charge is -2.20. The van der Waals surface area contributed by atoms with Crippen molar-refractivity contribution < 1.29 is 9.69 Å². The molecule has 4 heteroatoms. The van der Waals surface area contributed by atoms with E-state index in [0.717, 1.165) is 12.1 Å². The van der Waals surface area contributed by atoms with E-state index < -0.39 is 0 Å². The first kappa shape index (κ1) is 14.3. The SMILES string of the molecule is O=C(C[NH+]1CCC[C@@H]1c1cccs1)NCc1ccccc1. The van der Waals surface area contributed by atoms with Crippen molar-refractivity contribution in [1.29, 1.82) is 0 Å². The summed E-state index contributed by atoms with van der Waals surface area (Å²) in [6.45, 7) is 2.30. The molecule has 1 aliphatic rings. The Morgan fingerprint density at radius 2 is 2.10 bits per heavy atom. The number of rotatable bonds is 5. The summed E-state index contributed by atoms with van der Waals surface area (Å²) in [5.74, 6) is 0.150. The molecule has 1 fully saturated rings. The Kier molecular flexibility index (Phi) is 4.68. The minimum absolute atomic E-state index is 0.150. The van der Waals surface area contributed by atoms with Crippen molar-refractivity contribution in [3.63, 3.8) is 0 Å². The Labute approximate surface area is 129 Å². The Morgan fingerprint density at radius 1 is 1.24 bits per heavy atom. The zero-order chi connectivity index (χ0) is 14.5. The number of carbonyl (C=O) groups is 1. The van der Waals surface area contributed by atoms with Gasteiger partial charge in [-0.05, 0) is 17.0 Å². The number of benzene rings is 1. The number of hydrogen-bond donors (Lipinski definition) is 2. The molecule has 0 radical (unpaired) electrons. The van der Waals surface area contributed by atoms with Crippen LogP contribution >= 0.6 is 11.3 Å². The average molecular weight is 301 g/mol. The zero-order valence-corrected chi connectivity index (χ0v) is 12.9. The van der Waals surface area contributed by atoms with Crippen molar-refractivity contribution in [1.82, 2.24) is 5.32 Å². The van der Waals surface area contributed by atoms with E-state index in [-0.39, 0.29) is 5.91 Å². The summed E-state index contributed by atoms with van der Waals surface area (Å²) in [5.41, 5.74) is 1.15. The fourth-order valence-electron chi connectivity index (χ4n) is 3.02. The quantitative estimate of drug-likeness (QED) is 0.867. The van der Waals surface area contributed by atoms with Gasteiger partial charge in [0.15, 0.2) is 6.54 Å². The second-order valence-corrected chi connectivity index (χ2v) is 6.54. The van der Waals surface area contributed by atoms with Crippen molar-refractivity contribution in [3.05, 3.63) is 58.3 Å². The molecule has 2 atom stereocenters. The molecule has 1 aromatic carbocycles. The molecule has 1 aliphatic heterocycles. The van der Waals surface area contributed by atoms with E-state index in [1.165, 1.54) is 22.6 Å². The Bertz CT molecular complexity index is 568. The van der Waals surface area contributed by atoms with Crippen LogP contribution < -0.4 is 10.2 Å². The second-order valence-electron chi connectivity index (χ2n) is 5.56. The molecular weight excluding hydrogens is 280 g/mol. The lowest BCUT2D eigenvalue weighted by Crippen LogP contribution is -3.11. The maximum absolute atomic E-state index is 12.2. The van der Waals surface area contributed by atoms with Crippen LogP contribution in [0.3, 0.4) is 0 Å². The predicted molar refractivity (Wildman–Crippen MR) is 85.3 cm³/mol. The van der Waals surface area contributed by atoms with Gasteiger partial charge in [-0.25, -0.2) is 0 Å². The van der Waals surface area contributed by atoms with Gasteiger partial charge in [-0.1, -0.05) is 36.4 Å². The predicted octanol–water partition coefficient (Wildman–Crippen LogP) is 1.78. The van der Waals surface area contributed by atoms with Crippen molar-refractivity contribution in [2.45, 2.75) is 25.4 Å². The zero-order valence-electron chi connectivity index (χ0n) is 12.0. The summed E-state index contributed by atoms with van der Waals surface area (Å²) in [6.07, 6.45) is 2.41. The van der Waals surface area contributed by atoms with E-state index in [1.54, 1.807) is 0 Å². The molecule has 2 heterocycles. The van der Waals surface area contributed by atoms with E-state index in [9.17, 15) is 4.79 Å². The molecular formula is C17H21N2OS+. The van der Waals surface area contributed by atoms with Gasteiger partial charge < -0.3 is 10.2 Å². The van der Waals surface area contributed by atoms with Gasteiger partial charge in [0.25, 0.3) is 5.91 Å². The third-order valence-electron chi connectivity index (χ3n) is 4.09. The number of thiophene rings is 1. The van der Waals surface area contributed by atoms with E-state index in [1.807, 2.05) is 41.7 Å². The fourth-order valence-corrected chi connectivity index (χ4v) is 3.94. The largest absolute Gasteiger partial charge is 0.347 e. The van der Waals surface area contributed by atoms with Crippen molar-refractivity contribution in [2.75, 3.05) is 13.1 Å². The number of amides is 1. The van der Waals surface area contributed by atoms with Crippen molar-refractivity contribution in [2.24, 2.45) is 0 Å². The van der Waals surface area contributed by atoms with Crippen LogP contribution in [0.4, 0.5) is 0 Å². The first-order valence-corrected chi connectivity index (χ1v) is 8.39. The summed E-state index contributed by atoms with van der Waals surface area (Å²) in [4.78, 5) is 15.0. The molecule has 3 nitrogen and oxygen atoms in total. The third kappa shape index (κ3) is 3.71. The van der Waals surface area contributed by atoms with Crippen LogP contribution in [0.2, 0.25) is 0 Å². The molecule has 2 N–H and O–H groups in total. The molecule has 1 aromatic heterocycles. The van der Waals surface area contributed by atoms with E-state index in [4.69, 9.17) is 0 Å². The highest BCUT2D eigenvalue weighted by Crippen LogP contribution is 2.23. The number of hydrogen-bond acceptors (Lipinski definition) is 2. The molecule has 1 unspecified atom stereocenters. The Morgan fingerprint density at radius 3 is 2.86 bits per heavy atom. The summed E-state index contributed by atoms with van der Waals surface area (Å²) in [5, 5.41) is 5.16. The molecule has 3 rings (SSSR count). The highest BCUT2D eigenvalue weighted by Gasteiger charge is 2.31. The van der Waals surface area contributed by atoms with Crippen molar-refractivity contribution >= 4 is 17.2 Å². The molecule has 110 valence electrons. The lowest BCUT2D eigenvalue weighted by molar-refractivity contribution is -0.910. The van der Waals surface area contributed by atoms with Gasteiger partial charge in [-0.2, -0.15) is 0 Å². The molecule has 1 amide bonds. The number of nitrogens with one attached hydrogen (secondary N) is 2. The number of likely N-dealkylation sites (tertiary alicyclic amines) is 1. The van der Waals surface area contributed by atoms with Gasteiger partial charge in [0, 0.05) is 19.4 Å². The highest BCUT2D eigenvalue weighted by atomic mass is 32.1. The van der Waals surface area contributed by atoms with E-state index >= 15 is 0 Å². The Hall–Kier alpha value is -1.65. The van der Waals surface area contributed by atoms with Crippen LogP contribution in [-0.2, 0) is 11.3 Å². The van der Waals surface area contributed by atoms with Crippen LogP contribution in [0.5, 0.6) is 0 Å². The number of carbonyl (C=O) groups excluding carboxylic acids is 1. The second kappa shape index (κ2) is 6.87. The smallest absolute Gasteiger partial charge is 0.275 e. The Balaban J connectivity index is 1.52. The van der Waals surface area contributed by atoms with Gasteiger partial charge in [-0.3, -0.25) is 4.79 Å². The van der Waals surface area contributed by atoms with Crippen LogP contribution in [0, 0.1) is 0 Å². The summed E-state index contributed by atoms with van der Waals surface area (Å²) < 4.78 is 0. The fraction of sp³-hybridized carbons (Fsp3) is 0.353. The van der Waals surface area contributed by atoms with Gasteiger partial charge in [0.2, 0.25) is 0 Å². The van der Waals surface area contributed by atoms with Gasteiger partial charge in [-0.15, -0.1) is 11.3 Å². The van der Waals surface area contributed by atoms with Crippen molar-refractivity contribution in [3.8, 4) is 0 Å². The minimum atomic E-state index is 0.150. The molecule has 1 saturated heterocycles. The van der Waals surface area contributed by atoms with Crippen LogP contribution in [-0.4, -0.2) is 19.0 Å². The van der Waals surface area contributed by atoms with E-state index in [2.05, 4.69) is 22.8 Å². The minimum Gasteiger partial charge on any atom is -0.347 e. The van der Waals surface area contributed by atoms with Crippen LogP contribution in [0.15, 0.2) is 47.8 Å². The summed E-state index contributed by atoms with van der Waals surface area (Å²) >= 11 is 1.81. The third-order valence-corrected chi connectivity index (χ3v) is 5.08. The molecule has 21 heavy (non-hydrogen) atoms. The monoisotopic (exact) mass is 301 g/mol. The van der Waals surface area contributed by atoms with Gasteiger partial charge in [0.1, 0.15) is 6.04 Å². The van der Waals surface area contributed by atoms with Crippen LogP contribution in [0.25, 0.3) is 0 Å². The van der Waals surface area contributed by atoms with Gasteiger partial charge in [0.05, 0.1) is 11.4 Å². The molecule has 0 bridgehead atoms. The maximum Gasteiger partial charge on any atom is 0.275 e. The topological polar surface area (TPSA) is 33.5 Å². The molecule has 0 aliphatic carbocycles. The maximum atomic E-state index is 12.2. The normalized spacial score (nSPS) is 21.3. The first-order valence-electron chi connectivity index (χ1n) is 7.51. The average Bonchev–Trinajstić information content (AvgIpc) is 3.17. The standard InChI is InChI=1S/C17H20N2OS/c20-17(18-12-14-6-2-1-3-7-14)13-19-10-4-8-15(19)16-9-5-11-21-16/h1-3,5-7,9,11,15H,4,8,10,12-13H2,(H,18,20)/p+1/t15-/m1/s1. The molecule has 2 aromatic rings. The van der Waals surface area contributed by atoms with Crippen LogP contribution in [0.1, 0.15) is 29.3 Å². The molecule has 0 spiro atoms. The highest BCUT2D eigenvalue weighted by molar-refractivity contribution is 7.10. The lowest BCUT2D eigenvalue weighted by atomic mass is 10.2. The summed E-state index contributed by atoms with van der Waals surface area (Å²) in [6, 6.07) is 14.9. The number of quaternary nitrogens is 1. The first-order chi connectivity index (χ1) is 10.3. The van der Waals surface area contributed by atoms with E-state index in [0.29, 0.717) is 19.1 Å². The molecule has 0 saturated carbocycles.